The third-order valence-corrected chi connectivity index (χ3v) is 6.75. The van der Waals surface area contributed by atoms with Crippen LogP contribution in [0.5, 0.6) is 11.5 Å². The first kappa shape index (κ1) is 18.5. The summed E-state index contributed by atoms with van der Waals surface area (Å²) in [4.78, 5) is 27.2. The van der Waals surface area contributed by atoms with Crippen LogP contribution in [0.1, 0.15) is 38.5 Å². The van der Waals surface area contributed by atoms with Crippen LogP contribution in [0.4, 0.5) is 0 Å². The van der Waals surface area contributed by atoms with E-state index in [0.717, 1.165) is 42.1 Å². The molecule has 3 atom stereocenters. The molecule has 146 valence electrons. The molecule has 2 heterocycles. The van der Waals surface area contributed by atoms with Crippen LogP contribution in [0.3, 0.4) is 0 Å². The molecule has 3 aliphatic rings. The highest BCUT2D eigenvalue weighted by molar-refractivity contribution is 7.99. The van der Waals surface area contributed by atoms with Crippen molar-refractivity contribution in [3.8, 4) is 11.5 Å². The maximum Gasteiger partial charge on any atom is 0.326 e. The lowest BCUT2D eigenvalue weighted by Gasteiger charge is -2.33. The van der Waals surface area contributed by atoms with Gasteiger partial charge in [-0.25, -0.2) is 4.79 Å². The molecule has 27 heavy (non-hydrogen) atoms. The summed E-state index contributed by atoms with van der Waals surface area (Å²) in [5.74, 6) is 1.59. The van der Waals surface area contributed by atoms with Gasteiger partial charge in [-0.15, -0.1) is 11.8 Å². The molecular weight excluding hydrogens is 366 g/mol. The van der Waals surface area contributed by atoms with Gasteiger partial charge in [0.25, 0.3) is 0 Å². The highest BCUT2D eigenvalue weighted by Gasteiger charge is 2.47. The van der Waals surface area contributed by atoms with E-state index in [1.54, 1.807) is 16.7 Å². The summed E-state index contributed by atoms with van der Waals surface area (Å²) in [7, 11) is 0. The van der Waals surface area contributed by atoms with E-state index in [-0.39, 0.29) is 11.9 Å². The third-order valence-electron chi connectivity index (χ3n) is 5.76. The molecule has 1 saturated carbocycles. The maximum atomic E-state index is 12.8. The number of carbonyl (C=O) groups is 2. The number of carbonyl (C=O) groups excluding carboxylic acids is 1. The van der Waals surface area contributed by atoms with E-state index in [4.69, 9.17) is 9.47 Å². The van der Waals surface area contributed by atoms with Crippen molar-refractivity contribution < 1.29 is 24.2 Å². The lowest BCUT2D eigenvalue weighted by atomic mass is 9.84. The van der Waals surface area contributed by atoms with Gasteiger partial charge in [-0.05, 0) is 43.4 Å². The number of ether oxygens (including phenoxy) is 2. The van der Waals surface area contributed by atoms with Gasteiger partial charge in [0, 0.05) is 23.1 Å². The van der Waals surface area contributed by atoms with Crippen LogP contribution in [0.15, 0.2) is 23.1 Å². The van der Waals surface area contributed by atoms with Crippen molar-refractivity contribution in [3.63, 3.8) is 0 Å². The van der Waals surface area contributed by atoms with E-state index in [2.05, 4.69) is 0 Å². The molecule has 6 nitrogen and oxygen atoms in total. The quantitative estimate of drug-likeness (QED) is 0.777. The number of hydrogen-bond donors (Lipinski definition) is 1. The van der Waals surface area contributed by atoms with Gasteiger partial charge < -0.3 is 19.5 Å². The lowest BCUT2D eigenvalue weighted by Crippen LogP contribution is -2.46. The van der Waals surface area contributed by atoms with Crippen LogP contribution < -0.4 is 9.47 Å². The minimum absolute atomic E-state index is 0.0261. The summed E-state index contributed by atoms with van der Waals surface area (Å²) in [6, 6.07) is 5.27. The number of aliphatic carboxylic acids is 1. The normalized spacial score (nSPS) is 26.5. The average Bonchev–Trinajstić information content (AvgIpc) is 3.08. The molecule has 0 aromatic heterocycles. The first-order valence-corrected chi connectivity index (χ1v) is 10.7. The zero-order valence-corrected chi connectivity index (χ0v) is 16.1. The van der Waals surface area contributed by atoms with Gasteiger partial charge in [0.05, 0.1) is 0 Å². The number of thioether (sulfide) groups is 1. The second-order valence-electron chi connectivity index (χ2n) is 7.41. The molecule has 2 aliphatic heterocycles. The van der Waals surface area contributed by atoms with Gasteiger partial charge in [-0.3, -0.25) is 4.79 Å². The Morgan fingerprint density at radius 1 is 1.15 bits per heavy atom. The molecule has 1 aliphatic carbocycles. The first-order valence-electron chi connectivity index (χ1n) is 9.70. The lowest BCUT2D eigenvalue weighted by molar-refractivity contribution is -0.149. The van der Waals surface area contributed by atoms with Gasteiger partial charge >= 0.3 is 5.97 Å². The highest BCUT2D eigenvalue weighted by Crippen LogP contribution is 2.40. The summed E-state index contributed by atoms with van der Waals surface area (Å²) in [5.41, 5.74) is 0. The van der Waals surface area contributed by atoms with Crippen molar-refractivity contribution in [3.05, 3.63) is 18.2 Å². The van der Waals surface area contributed by atoms with E-state index >= 15 is 0 Å². The minimum Gasteiger partial charge on any atom is -0.486 e. The van der Waals surface area contributed by atoms with E-state index in [9.17, 15) is 14.7 Å². The van der Waals surface area contributed by atoms with Gasteiger partial charge in [-0.2, -0.15) is 0 Å². The molecular formula is C20H25NO5S. The predicted octanol–water partition coefficient (Wildman–Crippen LogP) is 3.18. The third kappa shape index (κ3) is 3.88. The Hall–Kier alpha value is -1.89. The van der Waals surface area contributed by atoms with Crippen LogP contribution >= 0.6 is 11.8 Å². The van der Waals surface area contributed by atoms with Crippen molar-refractivity contribution in [1.29, 1.82) is 0 Å². The van der Waals surface area contributed by atoms with Crippen molar-refractivity contribution in [2.75, 3.05) is 19.0 Å². The van der Waals surface area contributed by atoms with E-state index in [0.29, 0.717) is 37.7 Å². The smallest absolute Gasteiger partial charge is 0.326 e. The Balaban J connectivity index is 1.36. The zero-order valence-electron chi connectivity index (χ0n) is 15.3. The van der Waals surface area contributed by atoms with Crippen LogP contribution in [-0.4, -0.2) is 52.9 Å². The minimum atomic E-state index is -0.864. The predicted molar refractivity (Wildman–Crippen MR) is 101 cm³/mol. The number of rotatable bonds is 5. The fourth-order valence-corrected chi connectivity index (χ4v) is 5.41. The Kier molecular flexibility index (Phi) is 5.48. The molecule has 1 amide bonds. The van der Waals surface area contributed by atoms with Crippen molar-refractivity contribution in [2.24, 2.45) is 5.92 Å². The fraction of sp³-hybridized carbons (Fsp3) is 0.600. The Bertz CT molecular complexity index is 724. The van der Waals surface area contributed by atoms with Crippen LogP contribution in [0, 0.1) is 5.92 Å². The van der Waals surface area contributed by atoms with E-state index in [1.165, 1.54) is 0 Å². The summed E-state index contributed by atoms with van der Waals surface area (Å²) in [6.07, 6.45) is 5.19. The van der Waals surface area contributed by atoms with Crippen molar-refractivity contribution >= 4 is 23.6 Å². The van der Waals surface area contributed by atoms with Crippen LogP contribution in [-0.2, 0) is 9.59 Å². The number of benzene rings is 1. The SMILES string of the molecule is O=C(O)C1CC2CCCCC2N1C(=O)CCSc1ccc2c(c1)OCCO2. The van der Waals surface area contributed by atoms with Gasteiger partial charge in [-0.1, -0.05) is 12.8 Å². The number of fused-ring (bicyclic) bond motifs is 2. The molecule has 0 radical (unpaired) electrons. The summed E-state index contributed by atoms with van der Waals surface area (Å²) in [5, 5.41) is 9.57. The van der Waals surface area contributed by atoms with E-state index < -0.39 is 12.0 Å². The van der Waals surface area contributed by atoms with Crippen LogP contribution in [0.25, 0.3) is 0 Å². The van der Waals surface area contributed by atoms with Gasteiger partial charge in [0.1, 0.15) is 19.3 Å². The van der Waals surface area contributed by atoms with E-state index in [1.807, 2.05) is 18.2 Å². The van der Waals surface area contributed by atoms with Gasteiger partial charge in [0.15, 0.2) is 11.5 Å². The van der Waals surface area contributed by atoms with Gasteiger partial charge in [0.2, 0.25) is 5.91 Å². The molecule has 4 rings (SSSR count). The molecule has 1 aromatic carbocycles. The largest absolute Gasteiger partial charge is 0.486 e. The molecule has 7 heteroatoms. The number of likely N-dealkylation sites (tertiary alicyclic amines) is 1. The highest BCUT2D eigenvalue weighted by atomic mass is 32.2. The standard InChI is InChI=1S/C20H25NO5S/c22-19(21-15-4-2-1-3-13(15)11-16(21)20(23)24)7-10-27-14-5-6-17-18(12-14)26-9-8-25-17/h5-6,12-13,15-16H,1-4,7-11H2,(H,23,24). The van der Waals surface area contributed by atoms with Crippen molar-refractivity contribution in [2.45, 2.75) is 55.5 Å². The number of hydrogen-bond acceptors (Lipinski definition) is 5. The second-order valence-corrected chi connectivity index (χ2v) is 8.57. The van der Waals surface area contributed by atoms with Crippen molar-refractivity contribution in [1.82, 2.24) is 4.90 Å². The second kappa shape index (κ2) is 8.00. The Morgan fingerprint density at radius 3 is 2.74 bits per heavy atom. The first-order chi connectivity index (χ1) is 13.1. The summed E-state index contributed by atoms with van der Waals surface area (Å²) in [6.45, 7) is 1.12. The molecule has 2 fully saturated rings. The molecule has 0 bridgehead atoms. The number of carboxylic acid groups (broad SMARTS) is 1. The molecule has 1 N–H and O–H groups in total. The monoisotopic (exact) mass is 391 g/mol. The topological polar surface area (TPSA) is 76.1 Å². The summed E-state index contributed by atoms with van der Waals surface area (Å²) >= 11 is 1.59. The Labute approximate surface area is 163 Å². The summed E-state index contributed by atoms with van der Waals surface area (Å²) < 4.78 is 11.1. The fourth-order valence-electron chi connectivity index (χ4n) is 4.54. The zero-order chi connectivity index (χ0) is 18.8. The maximum absolute atomic E-state index is 12.8. The average molecular weight is 391 g/mol. The molecule has 3 unspecified atom stereocenters. The molecule has 0 spiro atoms. The number of carboxylic acids is 1. The number of nitrogens with zero attached hydrogens (tertiary/aromatic N) is 1. The number of amides is 1. The molecule has 1 aromatic rings. The molecule has 1 saturated heterocycles. The van der Waals surface area contributed by atoms with Crippen LogP contribution in [0.2, 0.25) is 0 Å². The Morgan fingerprint density at radius 2 is 1.93 bits per heavy atom.